The molecule has 1 amide bonds. The number of ether oxygens (including phenoxy) is 1. The summed E-state index contributed by atoms with van der Waals surface area (Å²) in [6.07, 6.45) is 1.01. The third-order valence-corrected chi connectivity index (χ3v) is 6.31. The van der Waals surface area contributed by atoms with Crippen molar-refractivity contribution in [2.75, 3.05) is 12.4 Å². The Hall–Kier alpha value is -2.89. The Kier molecular flexibility index (Phi) is 6.02. The smallest absolute Gasteiger partial charge is 0.229 e. The number of carbonyl (C=O) groups is 1. The van der Waals surface area contributed by atoms with E-state index in [-0.39, 0.29) is 12.3 Å². The van der Waals surface area contributed by atoms with E-state index in [4.69, 9.17) is 21.3 Å². The lowest BCUT2D eigenvalue weighted by Gasteiger charge is -2.10. The second-order valence-electron chi connectivity index (χ2n) is 7.00. The van der Waals surface area contributed by atoms with Crippen molar-refractivity contribution in [3.63, 3.8) is 0 Å². The first-order valence-corrected chi connectivity index (χ1v) is 10.8. The number of hydrogen-bond acceptors (Lipinski definition) is 4. The van der Waals surface area contributed by atoms with Crippen LogP contribution in [0.4, 0.5) is 5.69 Å². The van der Waals surface area contributed by atoms with Crippen molar-refractivity contribution in [1.29, 1.82) is 0 Å². The highest BCUT2D eigenvalue weighted by molar-refractivity contribution is 7.11. The van der Waals surface area contributed by atoms with Gasteiger partial charge in [-0.25, -0.2) is 4.98 Å². The van der Waals surface area contributed by atoms with Gasteiger partial charge in [0.2, 0.25) is 5.91 Å². The van der Waals surface area contributed by atoms with Gasteiger partial charge in [-0.05, 0) is 41.5 Å². The third kappa shape index (κ3) is 4.48. The fourth-order valence-corrected chi connectivity index (χ4v) is 4.72. The van der Waals surface area contributed by atoms with E-state index in [1.807, 2.05) is 13.0 Å². The maximum Gasteiger partial charge on any atom is 0.229 e. The molecule has 0 aliphatic heterocycles. The van der Waals surface area contributed by atoms with Gasteiger partial charge < -0.3 is 10.1 Å². The van der Waals surface area contributed by atoms with Gasteiger partial charge in [-0.1, -0.05) is 54.1 Å². The number of aromatic nitrogens is 1. The van der Waals surface area contributed by atoms with Crippen LogP contribution in [0.1, 0.15) is 21.1 Å². The maximum absolute atomic E-state index is 12.6. The van der Waals surface area contributed by atoms with Gasteiger partial charge in [-0.3, -0.25) is 4.79 Å². The molecule has 0 atom stereocenters. The number of halogens is 1. The summed E-state index contributed by atoms with van der Waals surface area (Å²) < 4.78 is 5.30. The summed E-state index contributed by atoms with van der Waals surface area (Å²) in [7, 11) is 1.56. The van der Waals surface area contributed by atoms with Gasteiger partial charge in [0, 0.05) is 16.3 Å². The molecule has 0 fully saturated rings. The number of aryl methyl sites for hydroxylation is 1. The van der Waals surface area contributed by atoms with Crippen molar-refractivity contribution in [3.05, 3.63) is 86.8 Å². The van der Waals surface area contributed by atoms with Crippen LogP contribution < -0.4 is 10.1 Å². The predicted molar refractivity (Wildman–Crippen MR) is 124 cm³/mol. The number of nitrogens with one attached hydrogen (secondary N) is 1. The van der Waals surface area contributed by atoms with E-state index in [9.17, 15) is 4.79 Å². The van der Waals surface area contributed by atoms with Crippen LogP contribution in [-0.4, -0.2) is 18.0 Å². The molecule has 0 radical (unpaired) electrons. The minimum absolute atomic E-state index is 0.126. The second kappa shape index (κ2) is 8.86. The standard InChI is InChI=1S/C24H21ClN2O2S/c1-15-22(14-23(28)27-20-13-18(25)10-11-21(20)29-2)30-24(26-15)12-17-8-5-7-16-6-3-4-9-19(16)17/h3-11,13H,12,14H2,1-2H3,(H,27,28). The van der Waals surface area contributed by atoms with Crippen LogP contribution in [0.2, 0.25) is 5.02 Å². The van der Waals surface area contributed by atoms with E-state index in [0.717, 1.165) is 22.0 Å². The van der Waals surface area contributed by atoms with Crippen LogP contribution in [0.15, 0.2) is 60.7 Å². The van der Waals surface area contributed by atoms with Crippen LogP contribution in [0.5, 0.6) is 5.75 Å². The largest absolute Gasteiger partial charge is 0.495 e. The normalized spacial score (nSPS) is 10.9. The highest BCUT2D eigenvalue weighted by atomic mass is 35.5. The first kappa shape index (κ1) is 20.4. The summed E-state index contributed by atoms with van der Waals surface area (Å²) in [4.78, 5) is 18.3. The van der Waals surface area contributed by atoms with Gasteiger partial charge in [0.05, 0.1) is 29.9 Å². The molecule has 152 valence electrons. The highest BCUT2D eigenvalue weighted by Crippen LogP contribution is 2.29. The van der Waals surface area contributed by atoms with Gasteiger partial charge in [0.1, 0.15) is 5.75 Å². The van der Waals surface area contributed by atoms with Crippen molar-refractivity contribution in [2.45, 2.75) is 19.8 Å². The number of carbonyl (C=O) groups excluding carboxylic acids is 1. The molecule has 0 saturated heterocycles. The van der Waals surface area contributed by atoms with Crippen LogP contribution in [0, 0.1) is 6.92 Å². The predicted octanol–water partition coefficient (Wildman–Crippen LogP) is 6.04. The molecule has 0 aliphatic rings. The molecule has 30 heavy (non-hydrogen) atoms. The Balaban J connectivity index is 1.50. The van der Waals surface area contributed by atoms with Gasteiger partial charge in [-0.2, -0.15) is 0 Å². The molecule has 4 rings (SSSR count). The lowest BCUT2D eigenvalue weighted by Crippen LogP contribution is -2.15. The molecular weight excluding hydrogens is 416 g/mol. The van der Waals surface area contributed by atoms with Crippen LogP contribution in [0.3, 0.4) is 0 Å². The summed E-state index contributed by atoms with van der Waals surface area (Å²) in [6.45, 7) is 1.95. The number of fused-ring (bicyclic) bond motifs is 1. The summed E-state index contributed by atoms with van der Waals surface area (Å²) in [5, 5.41) is 6.89. The lowest BCUT2D eigenvalue weighted by atomic mass is 10.0. The molecule has 6 heteroatoms. The van der Waals surface area contributed by atoms with Gasteiger partial charge in [-0.15, -0.1) is 11.3 Å². The molecule has 4 aromatic rings. The topological polar surface area (TPSA) is 51.2 Å². The van der Waals surface area contributed by atoms with E-state index in [0.29, 0.717) is 16.5 Å². The summed E-state index contributed by atoms with van der Waals surface area (Å²) in [6, 6.07) is 19.8. The van der Waals surface area contributed by atoms with Crippen molar-refractivity contribution >= 4 is 45.3 Å². The number of thiazole rings is 1. The van der Waals surface area contributed by atoms with Gasteiger partial charge in [0.25, 0.3) is 0 Å². The Labute approximate surface area is 184 Å². The van der Waals surface area contributed by atoms with E-state index in [1.165, 1.54) is 16.3 Å². The van der Waals surface area contributed by atoms with Gasteiger partial charge in [0.15, 0.2) is 0 Å². The fourth-order valence-electron chi connectivity index (χ4n) is 3.46. The number of benzene rings is 3. The molecule has 0 bridgehead atoms. The number of methoxy groups -OCH3 is 1. The zero-order chi connectivity index (χ0) is 21.1. The minimum atomic E-state index is -0.126. The molecule has 0 spiro atoms. The number of nitrogens with zero attached hydrogens (tertiary/aromatic N) is 1. The van der Waals surface area contributed by atoms with Crippen LogP contribution >= 0.6 is 22.9 Å². The zero-order valence-electron chi connectivity index (χ0n) is 16.7. The summed E-state index contributed by atoms with van der Waals surface area (Å²) >= 11 is 7.64. The van der Waals surface area contributed by atoms with E-state index >= 15 is 0 Å². The molecule has 4 nitrogen and oxygen atoms in total. The van der Waals surface area contributed by atoms with Gasteiger partial charge >= 0.3 is 0 Å². The molecule has 1 heterocycles. The summed E-state index contributed by atoms with van der Waals surface area (Å²) in [5.41, 5.74) is 2.69. The third-order valence-electron chi connectivity index (χ3n) is 4.92. The average molecular weight is 437 g/mol. The summed E-state index contributed by atoms with van der Waals surface area (Å²) in [5.74, 6) is 0.449. The first-order chi connectivity index (χ1) is 14.5. The molecule has 0 aliphatic carbocycles. The molecule has 0 unspecified atom stereocenters. The number of hydrogen-bond donors (Lipinski definition) is 1. The zero-order valence-corrected chi connectivity index (χ0v) is 18.3. The number of amides is 1. The highest BCUT2D eigenvalue weighted by Gasteiger charge is 2.15. The Morgan fingerprint density at radius 2 is 1.93 bits per heavy atom. The molecular formula is C24H21ClN2O2S. The fraction of sp³-hybridized carbons (Fsp3) is 0.167. The van der Waals surface area contributed by atoms with Crippen molar-refractivity contribution in [2.24, 2.45) is 0 Å². The molecule has 0 saturated carbocycles. The number of rotatable bonds is 6. The number of anilines is 1. The molecule has 3 aromatic carbocycles. The minimum Gasteiger partial charge on any atom is -0.495 e. The van der Waals surface area contributed by atoms with E-state index in [2.05, 4.69) is 41.7 Å². The van der Waals surface area contributed by atoms with E-state index < -0.39 is 0 Å². The lowest BCUT2D eigenvalue weighted by molar-refractivity contribution is -0.115. The second-order valence-corrected chi connectivity index (χ2v) is 8.61. The van der Waals surface area contributed by atoms with Crippen molar-refractivity contribution in [1.82, 2.24) is 4.98 Å². The monoisotopic (exact) mass is 436 g/mol. The quantitative estimate of drug-likeness (QED) is 0.401. The average Bonchev–Trinajstić information content (AvgIpc) is 3.07. The molecule has 1 aromatic heterocycles. The Bertz CT molecular complexity index is 1210. The van der Waals surface area contributed by atoms with Crippen molar-refractivity contribution in [3.8, 4) is 5.75 Å². The van der Waals surface area contributed by atoms with Crippen LogP contribution in [0.25, 0.3) is 10.8 Å². The maximum atomic E-state index is 12.6. The Morgan fingerprint density at radius 3 is 2.77 bits per heavy atom. The first-order valence-electron chi connectivity index (χ1n) is 9.58. The molecule has 1 N–H and O–H groups in total. The van der Waals surface area contributed by atoms with E-state index in [1.54, 1.807) is 36.6 Å². The van der Waals surface area contributed by atoms with Crippen molar-refractivity contribution < 1.29 is 9.53 Å². The van der Waals surface area contributed by atoms with Crippen LogP contribution in [-0.2, 0) is 17.6 Å². The SMILES string of the molecule is COc1ccc(Cl)cc1NC(=O)Cc1sc(Cc2cccc3ccccc23)nc1C. The Morgan fingerprint density at radius 1 is 1.13 bits per heavy atom.